The van der Waals surface area contributed by atoms with Gasteiger partial charge in [0.05, 0.1) is 17.1 Å². The van der Waals surface area contributed by atoms with E-state index in [1.54, 1.807) is 10.7 Å². The molecule has 0 unspecified atom stereocenters. The van der Waals surface area contributed by atoms with Crippen LogP contribution in [0, 0.1) is 0 Å². The van der Waals surface area contributed by atoms with E-state index in [4.69, 9.17) is 10.8 Å². The molecule has 5 aromatic rings. The van der Waals surface area contributed by atoms with Crippen LogP contribution < -0.4 is 21.9 Å². The van der Waals surface area contributed by atoms with Crippen molar-refractivity contribution in [3.8, 4) is 16.3 Å². The first-order valence-electron chi connectivity index (χ1n) is 12.2. The summed E-state index contributed by atoms with van der Waals surface area (Å²) in [6.45, 7) is 2.26. The SMILES string of the molecule is CCCN(C(=O)c1cc(-c2cccs2)nn1-c1ccccc1)c1c(N)n(Cc2ccccc2)c(=O)[nH]c1=O. The minimum absolute atomic E-state index is 0.0640. The average Bonchev–Trinajstić information content (AvgIpc) is 3.62. The van der Waals surface area contributed by atoms with E-state index >= 15 is 0 Å². The molecular weight excluding hydrogens is 500 g/mol. The van der Waals surface area contributed by atoms with E-state index in [1.807, 2.05) is 85.1 Å². The van der Waals surface area contributed by atoms with E-state index in [2.05, 4.69) is 4.98 Å². The van der Waals surface area contributed by atoms with Gasteiger partial charge < -0.3 is 5.73 Å². The first-order valence-corrected chi connectivity index (χ1v) is 13.0. The lowest BCUT2D eigenvalue weighted by atomic mass is 10.2. The van der Waals surface area contributed by atoms with Crippen LogP contribution in [0.15, 0.2) is 93.8 Å². The van der Waals surface area contributed by atoms with Crippen LogP contribution in [0.1, 0.15) is 29.4 Å². The van der Waals surface area contributed by atoms with Gasteiger partial charge in [0.25, 0.3) is 11.5 Å². The fraction of sp³-hybridized carbons (Fsp3) is 0.143. The molecule has 38 heavy (non-hydrogen) atoms. The van der Waals surface area contributed by atoms with Gasteiger partial charge in [-0.2, -0.15) is 5.10 Å². The van der Waals surface area contributed by atoms with Crippen molar-refractivity contribution in [2.24, 2.45) is 0 Å². The fourth-order valence-corrected chi connectivity index (χ4v) is 4.96. The molecule has 3 aromatic heterocycles. The van der Waals surface area contributed by atoms with Crippen LogP contribution in [0.3, 0.4) is 0 Å². The summed E-state index contributed by atoms with van der Waals surface area (Å²) in [7, 11) is 0. The number of amides is 1. The summed E-state index contributed by atoms with van der Waals surface area (Å²) in [4.78, 5) is 44.6. The Morgan fingerprint density at radius 3 is 2.39 bits per heavy atom. The Morgan fingerprint density at radius 2 is 1.74 bits per heavy atom. The number of nitrogens with two attached hydrogens (primary N) is 1. The Kier molecular flexibility index (Phi) is 7.05. The Hall–Kier alpha value is -4.70. The second-order valence-electron chi connectivity index (χ2n) is 8.66. The number of benzene rings is 2. The monoisotopic (exact) mass is 526 g/mol. The molecule has 0 fully saturated rings. The van der Waals surface area contributed by atoms with Gasteiger partial charge in [-0.05, 0) is 41.6 Å². The van der Waals surface area contributed by atoms with Gasteiger partial charge in [-0.1, -0.05) is 61.5 Å². The topological polar surface area (TPSA) is 119 Å². The molecule has 0 spiro atoms. The molecule has 0 saturated heterocycles. The smallest absolute Gasteiger partial charge is 0.330 e. The maximum absolute atomic E-state index is 14.1. The number of nitrogens with one attached hydrogen (secondary N) is 1. The Bertz CT molecular complexity index is 1670. The summed E-state index contributed by atoms with van der Waals surface area (Å²) in [6, 6.07) is 24.2. The number of thiophene rings is 1. The number of nitrogen functional groups attached to an aromatic ring is 1. The van der Waals surface area contributed by atoms with E-state index in [9.17, 15) is 14.4 Å². The second-order valence-corrected chi connectivity index (χ2v) is 9.61. The van der Waals surface area contributed by atoms with Crippen molar-refractivity contribution >= 4 is 28.7 Å². The molecule has 5 rings (SSSR count). The molecule has 0 saturated carbocycles. The molecule has 0 atom stereocenters. The zero-order valence-electron chi connectivity index (χ0n) is 20.7. The lowest BCUT2D eigenvalue weighted by Crippen LogP contribution is -2.42. The summed E-state index contributed by atoms with van der Waals surface area (Å²) < 4.78 is 2.85. The molecule has 192 valence electrons. The van der Waals surface area contributed by atoms with Crippen molar-refractivity contribution in [2.75, 3.05) is 17.2 Å². The van der Waals surface area contributed by atoms with Crippen molar-refractivity contribution < 1.29 is 4.79 Å². The molecule has 0 radical (unpaired) electrons. The summed E-state index contributed by atoms with van der Waals surface area (Å²) in [6.07, 6.45) is 0.555. The second kappa shape index (κ2) is 10.7. The molecule has 1 amide bonds. The van der Waals surface area contributed by atoms with Gasteiger partial charge >= 0.3 is 5.69 Å². The quantitative estimate of drug-likeness (QED) is 0.315. The summed E-state index contributed by atoms with van der Waals surface area (Å²) in [5.41, 5.74) is 7.45. The summed E-state index contributed by atoms with van der Waals surface area (Å²) in [5, 5.41) is 6.66. The average molecular weight is 527 g/mol. The highest BCUT2D eigenvalue weighted by atomic mass is 32.1. The normalized spacial score (nSPS) is 11.0. The van der Waals surface area contributed by atoms with Crippen molar-refractivity contribution in [2.45, 2.75) is 19.9 Å². The summed E-state index contributed by atoms with van der Waals surface area (Å²) >= 11 is 1.52. The minimum Gasteiger partial charge on any atom is -0.383 e. The number of aromatic nitrogens is 4. The van der Waals surface area contributed by atoms with Crippen molar-refractivity contribution in [3.05, 3.63) is 116 Å². The van der Waals surface area contributed by atoms with Gasteiger partial charge in [0.15, 0.2) is 5.69 Å². The maximum Gasteiger partial charge on any atom is 0.330 e. The predicted molar refractivity (Wildman–Crippen MR) is 150 cm³/mol. The molecular formula is C28H26N6O3S. The third-order valence-electron chi connectivity index (χ3n) is 6.06. The van der Waals surface area contributed by atoms with Gasteiger partial charge in [-0.15, -0.1) is 11.3 Å². The highest BCUT2D eigenvalue weighted by molar-refractivity contribution is 7.13. The number of carbonyl (C=O) groups is 1. The van der Waals surface area contributed by atoms with Crippen LogP contribution in [-0.4, -0.2) is 31.8 Å². The lowest BCUT2D eigenvalue weighted by Gasteiger charge is -2.24. The van der Waals surface area contributed by atoms with Gasteiger partial charge in [-0.25, -0.2) is 9.48 Å². The van der Waals surface area contributed by atoms with Crippen molar-refractivity contribution in [1.29, 1.82) is 0 Å². The van der Waals surface area contributed by atoms with Crippen molar-refractivity contribution in [1.82, 2.24) is 19.3 Å². The maximum atomic E-state index is 14.1. The van der Waals surface area contributed by atoms with Crippen LogP contribution in [0.5, 0.6) is 0 Å². The Labute approximate surface area is 222 Å². The number of aromatic amines is 1. The number of para-hydroxylation sites is 1. The van der Waals surface area contributed by atoms with Crippen LogP contribution in [0.25, 0.3) is 16.3 Å². The van der Waals surface area contributed by atoms with Gasteiger partial charge in [0.2, 0.25) is 0 Å². The van der Waals surface area contributed by atoms with E-state index in [1.165, 1.54) is 20.8 Å². The molecule has 2 aromatic carbocycles. The highest BCUT2D eigenvalue weighted by Crippen LogP contribution is 2.28. The van der Waals surface area contributed by atoms with Crippen molar-refractivity contribution in [3.63, 3.8) is 0 Å². The molecule has 0 aliphatic rings. The third-order valence-corrected chi connectivity index (χ3v) is 6.96. The third kappa shape index (κ3) is 4.81. The van der Waals surface area contributed by atoms with E-state index in [-0.39, 0.29) is 30.3 Å². The molecule has 10 heteroatoms. The Balaban J connectivity index is 1.64. The number of hydrogen-bond acceptors (Lipinski definition) is 6. The van der Waals surface area contributed by atoms with Gasteiger partial charge in [0, 0.05) is 6.54 Å². The molecule has 9 nitrogen and oxygen atoms in total. The van der Waals surface area contributed by atoms with E-state index < -0.39 is 17.2 Å². The number of nitrogens with zero attached hydrogens (tertiary/aromatic N) is 4. The van der Waals surface area contributed by atoms with Crippen LogP contribution in [0.2, 0.25) is 0 Å². The van der Waals surface area contributed by atoms with Crippen LogP contribution in [-0.2, 0) is 6.54 Å². The standard InChI is InChI=1S/C28H26N6O3S/c1-2-15-32(24-25(29)33(28(37)30-26(24)35)18-19-10-5-3-6-11-19)27(36)22-17-21(23-14-9-16-38-23)31-34(22)20-12-7-4-8-13-20/h3-14,16-17H,2,15,18,29H2,1H3,(H,30,35,37). The lowest BCUT2D eigenvalue weighted by molar-refractivity contribution is 0.0979. The van der Waals surface area contributed by atoms with E-state index in [0.717, 1.165) is 10.4 Å². The predicted octanol–water partition coefficient (Wildman–Crippen LogP) is 4.14. The zero-order chi connectivity index (χ0) is 26.6. The molecule has 0 bridgehead atoms. The number of hydrogen-bond donors (Lipinski definition) is 2. The molecule has 3 heterocycles. The fourth-order valence-electron chi connectivity index (χ4n) is 4.28. The number of H-pyrrole nitrogens is 1. The van der Waals surface area contributed by atoms with Gasteiger partial charge in [-0.3, -0.25) is 24.0 Å². The highest BCUT2D eigenvalue weighted by Gasteiger charge is 2.28. The number of anilines is 2. The summed E-state index contributed by atoms with van der Waals surface area (Å²) in [5.74, 6) is -0.526. The Morgan fingerprint density at radius 1 is 1.03 bits per heavy atom. The number of carbonyl (C=O) groups excluding carboxylic acids is 1. The van der Waals surface area contributed by atoms with Crippen LogP contribution >= 0.6 is 11.3 Å². The molecule has 0 aliphatic carbocycles. The largest absolute Gasteiger partial charge is 0.383 e. The zero-order valence-corrected chi connectivity index (χ0v) is 21.5. The van der Waals surface area contributed by atoms with E-state index in [0.29, 0.717) is 17.8 Å². The minimum atomic E-state index is -0.720. The first kappa shape index (κ1) is 25.0. The van der Waals surface area contributed by atoms with Crippen LogP contribution in [0.4, 0.5) is 11.5 Å². The molecule has 0 aliphatic heterocycles. The molecule has 3 N–H and O–H groups in total. The first-order chi connectivity index (χ1) is 18.5. The number of rotatable bonds is 8. The van der Waals surface area contributed by atoms with Gasteiger partial charge in [0.1, 0.15) is 17.2 Å².